The van der Waals surface area contributed by atoms with Crippen LogP contribution < -0.4 is 5.32 Å². The highest BCUT2D eigenvalue weighted by molar-refractivity contribution is 7.09. The third kappa shape index (κ3) is 2.45. The summed E-state index contributed by atoms with van der Waals surface area (Å²) in [5.74, 6) is 1.81. The first-order valence-electron chi connectivity index (χ1n) is 7.77. The molecule has 1 saturated carbocycles. The number of amides is 3. The Bertz CT molecular complexity index is 614. The second-order valence-electron chi connectivity index (χ2n) is 6.43. The number of anilines is 1. The van der Waals surface area contributed by atoms with Crippen molar-refractivity contribution in [2.75, 3.05) is 25.5 Å². The summed E-state index contributed by atoms with van der Waals surface area (Å²) < 4.78 is 4.30. The zero-order valence-electron chi connectivity index (χ0n) is 12.5. The summed E-state index contributed by atoms with van der Waals surface area (Å²) in [5, 5.41) is 3.43. The molecule has 1 N–H and O–H groups in total. The van der Waals surface area contributed by atoms with E-state index < -0.39 is 0 Å². The minimum Gasteiger partial charge on any atom is -0.342 e. The largest absolute Gasteiger partial charge is 0.342 e. The van der Waals surface area contributed by atoms with Crippen molar-refractivity contribution in [3.8, 4) is 0 Å². The Labute approximate surface area is 132 Å². The van der Waals surface area contributed by atoms with E-state index in [9.17, 15) is 9.59 Å². The quantitative estimate of drug-likeness (QED) is 0.895. The van der Waals surface area contributed by atoms with Crippen LogP contribution in [0.25, 0.3) is 0 Å². The van der Waals surface area contributed by atoms with Crippen LogP contribution in [-0.4, -0.2) is 57.3 Å². The molecule has 1 aromatic heterocycles. The standard InChI is InChI=1S/C14H19N5O2S/c1-18-10-4-5-19(7-9(10)6-11(18)20)14(21)16-13-15-12(17-22-13)8-2-3-8/h8-10H,2-7H2,1H3,(H,15,16,17,21)/t9-,10+/m0/s1. The van der Waals surface area contributed by atoms with E-state index in [-0.39, 0.29) is 17.9 Å². The lowest BCUT2D eigenvalue weighted by molar-refractivity contribution is -0.127. The maximum Gasteiger partial charge on any atom is 0.323 e. The molecule has 0 radical (unpaired) electrons. The summed E-state index contributed by atoms with van der Waals surface area (Å²) in [5.41, 5.74) is 0. The van der Waals surface area contributed by atoms with E-state index in [1.54, 1.807) is 4.90 Å². The number of aromatic nitrogens is 2. The fraction of sp³-hybridized carbons (Fsp3) is 0.714. The molecule has 22 heavy (non-hydrogen) atoms. The smallest absolute Gasteiger partial charge is 0.323 e. The normalized spacial score (nSPS) is 28.0. The molecule has 3 amide bonds. The lowest BCUT2D eigenvalue weighted by atomic mass is 9.93. The van der Waals surface area contributed by atoms with Crippen LogP contribution in [0.5, 0.6) is 0 Å². The van der Waals surface area contributed by atoms with Crippen LogP contribution in [-0.2, 0) is 4.79 Å². The number of urea groups is 1. The SMILES string of the molecule is CN1C(=O)C[C@H]2CN(C(=O)Nc3nc(C4CC4)ns3)CC[C@H]21. The Morgan fingerprint density at radius 3 is 2.95 bits per heavy atom. The Morgan fingerprint density at radius 1 is 1.36 bits per heavy atom. The number of hydrogen-bond acceptors (Lipinski definition) is 5. The molecular formula is C14H19N5O2S. The van der Waals surface area contributed by atoms with Crippen molar-refractivity contribution in [3.63, 3.8) is 0 Å². The van der Waals surface area contributed by atoms with E-state index in [2.05, 4.69) is 14.7 Å². The minimum absolute atomic E-state index is 0.126. The third-order valence-corrected chi connectivity index (χ3v) is 5.55. The second-order valence-corrected chi connectivity index (χ2v) is 7.18. The van der Waals surface area contributed by atoms with Gasteiger partial charge >= 0.3 is 6.03 Å². The van der Waals surface area contributed by atoms with Gasteiger partial charge in [-0.15, -0.1) is 0 Å². The van der Waals surface area contributed by atoms with Crippen molar-refractivity contribution >= 4 is 28.6 Å². The maximum absolute atomic E-state index is 12.4. The van der Waals surface area contributed by atoms with Crippen LogP contribution in [0, 0.1) is 5.92 Å². The van der Waals surface area contributed by atoms with Gasteiger partial charge in [-0.3, -0.25) is 10.1 Å². The van der Waals surface area contributed by atoms with Crippen molar-refractivity contribution in [1.82, 2.24) is 19.2 Å². The zero-order chi connectivity index (χ0) is 15.3. The van der Waals surface area contributed by atoms with Crippen LogP contribution in [0.15, 0.2) is 0 Å². The third-order valence-electron chi connectivity index (χ3n) is 4.91. The average Bonchev–Trinajstić information content (AvgIpc) is 3.19. The Hall–Kier alpha value is -1.70. The molecule has 4 rings (SSSR count). The van der Waals surface area contributed by atoms with Gasteiger partial charge in [0.15, 0.2) is 0 Å². The van der Waals surface area contributed by atoms with Crippen molar-refractivity contribution in [1.29, 1.82) is 0 Å². The molecule has 8 heteroatoms. The van der Waals surface area contributed by atoms with Crippen LogP contribution in [0.3, 0.4) is 0 Å². The number of piperidine rings is 1. The molecule has 1 aliphatic carbocycles. The number of rotatable bonds is 2. The van der Waals surface area contributed by atoms with Crippen LogP contribution in [0.4, 0.5) is 9.93 Å². The molecule has 0 aromatic carbocycles. The first-order chi connectivity index (χ1) is 10.6. The van der Waals surface area contributed by atoms with E-state index in [0.717, 1.165) is 25.1 Å². The van der Waals surface area contributed by atoms with Gasteiger partial charge in [0.2, 0.25) is 11.0 Å². The van der Waals surface area contributed by atoms with Gasteiger partial charge in [0, 0.05) is 56.0 Å². The number of carbonyl (C=O) groups excluding carboxylic acids is 2. The summed E-state index contributed by atoms with van der Waals surface area (Å²) in [6.07, 6.45) is 3.71. The molecule has 3 aliphatic rings. The number of nitrogens with zero attached hydrogens (tertiary/aromatic N) is 4. The molecule has 3 fully saturated rings. The minimum atomic E-state index is -0.126. The molecule has 0 bridgehead atoms. The van der Waals surface area contributed by atoms with Gasteiger partial charge in [-0.2, -0.15) is 4.37 Å². The maximum atomic E-state index is 12.4. The van der Waals surface area contributed by atoms with Crippen LogP contribution in [0.2, 0.25) is 0 Å². The zero-order valence-corrected chi connectivity index (χ0v) is 13.3. The Kier molecular flexibility index (Phi) is 3.28. The number of fused-ring (bicyclic) bond motifs is 1. The summed E-state index contributed by atoms with van der Waals surface area (Å²) in [4.78, 5) is 32.2. The van der Waals surface area contributed by atoms with Crippen LogP contribution in [0.1, 0.15) is 37.4 Å². The number of carbonyl (C=O) groups is 2. The number of likely N-dealkylation sites (tertiary alicyclic amines) is 2. The lowest BCUT2D eigenvalue weighted by Crippen LogP contribution is -2.48. The van der Waals surface area contributed by atoms with Gasteiger partial charge < -0.3 is 9.80 Å². The van der Waals surface area contributed by atoms with Crippen LogP contribution >= 0.6 is 11.5 Å². The summed E-state index contributed by atoms with van der Waals surface area (Å²) in [7, 11) is 1.86. The van der Waals surface area contributed by atoms with Crippen molar-refractivity contribution in [3.05, 3.63) is 5.82 Å². The molecular weight excluding hydrogens is 302 g/mol. The summed E-state index contributed by atoms with van der Waals surface area (Å²) in [6, 6.07) is 0.165. The average molecular weight is 321 g/mol. The Balaban J connectivity index is 1.37. The summed E-state index contributed by atoms with van der Waals surface area (Å²) in [6.45, 7) is 1.32. The molecule has 1 aromatic rings. The van der Waals surface area contributed by atoms with Gasteiger partial charge in [0.05, 0.1) is 0 Å². The number of nitrogens with one attached hydrogen (secondary N) is 1. The van der Waals surface area contributed by atoms with Gasteiger partial charge in [-0.05, 0) is 19.3 Å². The monoisotopic (exact) mass is 321 g/mol. The fourth-order valence-corrected chi connectivity index (χ4v) is 4.07. The topological polar surface area (TPSA) is 78.4 Å². The highest BCUT2D eigenvalue weighted by Crippen LogP contribution is 2.39. The van der Waals surface area contributed by atoms with E-state index in [1.807, 2.05) is 11.9 Å². The molecule has 7 nitrogen and oxygen atoms in total. The fourth-order valence-electron chi connectivity index (χ4n) is 3.43. The van der Waals surface area contributed by atoms with E-state index >= 15 is 0 Å². The van der Waals surface area contributed by atoms with E-state index in [0.29, 0.717) is 36.6 Å². The van der Waals surface area contributed by atoms with Gasteiger partial charge in [0.1, 0.15) is 5.82 Å². The molecule has 0 unspecified atom stereocenters. The first kappa shape index (κ1) is 13.9. The lowest BCUT2D eigenvalue weighted by Gasteiger charge is -2.36. The van der Waals surface area contributed by atoms with Crippen molar-refractivity contribution in [2.24, 2.45) is 5.92 Å². The predicted molar refractivity (Wildman–Crippen MR) is 81.8 cm³/mol. The summed E-state index contributed by atoms with van der Waals surface area (Å²) >= 11 is 1.25. The van der Waals surface area contributed by atoms with E-state index in [1.165, 1.54) is 11.5 Å². The molecule has 0 spiro atoms. The highest BCUT2D eigenvalue weighted by Gasteiger charge is 2.42. The van der Waals surface area contributed by atoms with Gasteiger partial charge in [-0.1, -0.05) is 0 Å². The van der Waals surface area contributed by atoms with Gasteiger partial charge in [-0.25, -0.2) is 9.78 Å². The molecule has 3 heterocycles. The highest BCUT2D eigenvalue weighted by atomic mass is 32.1. The number of hydrogen-bond donors (Lipinski definition) is 1. The molecule has 2 saturated heterocycles. The molecule has 2 aliphatic heterocycles. The second kappa shape index (κ2) is 5.19. The van der Waals surface area contributed by atoms with Crippen molar-refractivity contribution in [2.45, 2.75) is 37.6 Å². The molecule has 118 valence electrons. The van der Waals surface area contributed by atoms with E-state index in [4.69, 9.17) is 0 Å². The first-order valence-corrected chi connectivity index (χ1v) is 8.54. The van der Waals surface area contributed by atoms with Crippen molar-refractivity contribution < 1.29 is 9.59 Å². The predicted octanol–water partition coefficient (Wildman–Crippen LogP) is 1.50. The molecule has 2 atom stereocenters. The Morgan fingerprint density at radius 2 is 2.18 bits per heavy atom. The van der Waals surface area contributed by atoms with Gasteiger partial charge in [0.25, 0.3) is 0 Å².